The van der Waals surface area contributed by atoms with Gasteiger partial charge in [-0.05, 0) is 24.3 Å². The average molecular weight is 496 g/mol. The Kier molecular flexibility index (Phi) is 7.82. The van der Waals surface area contributed by atoms with Gasteiger partial charge in [-0.15, -0.1) is 5.10 Å². The smallest absolute Gasteiger partial charge is 0.249 e. The molecule has 0 radical (unpaired) electrons. The molecule has 13 heteroatoms. The zero-order valence-corrected chi connectivity index (χ0v) is 19.8. The molecular weight excluding hydrogens is 472 g/mol. The van der Waals surface area contributed by atoms with Crippen molar-refractivity contribution >= 4 is 11.5 Å². The number of nitrogens with two attached hydrogens (primary N) is 1. The molecule has 188 valence electrons. The van der Waals surface area contributed by atoms with E-state index in [4.69, 9.17) is 34.3 Å². The maximum atomic E-state index is 10.9. The summed E-state index contributed by atoms with van der Waals surface area (Å²) in [6.45, 7) is 0.594. The quantitative estimate of drug-likeness (QED) is 0.518. The Bertz CT molecular complexity index is 1260. The molecule has 3 aromatic rings. The lowest BCUT2D eigenvalue weighted by Gasteiger charge is -2.06. The summed E-state index contributed by atoms with van der Waals surface area (Å²) in [6.07, 6.45) is 4.25. The second-order valence-corrected chi connectivity index (χ2v) is 7.31. The Hall–Kier alpha value is -4.36. The molecule has 0 aromatic carbocycles. The maximum absolute atomic E-state index is 10.9. The third-order valence-corrected chi connectivity index (χ3v) is 5.12. The van der Waals surface area contributed by atoms with Crippen LogP contribution in [0.1, 0.15) is 27.5 Å². The Labute approximate surface area is 206 Å². The van der Waals surface area contributed by atoms with Crippen LogP contribution in [0.2, 0.25) is 0 Å². The first-order valence-corrected chi connectivity index (χ1v) is 10.7. The summed E-state index contributed by atoms with van der Waals surface area (Å²) in [5.41, 5.74) is 8.61. The highest BCUT2D eigenvalue weighted by atomic mass is 16.7. The summed E-state index contributed by atoms with van der Waals surface area (Å²) in [4.78, 5) is 23.7. The summed E-state index contributed by atoms with van der Waals surface area (Å²) in [6, 6.07) is 6.96. The van der Waals surface area contributed by atoms with Gasteiger partial charge in [-0.25, -0.2) is 9.97 Å². The van der Waals surface area contributed by atoms with Crippen LogP contribution in [-0.4, -0.2) is 72.5 Å². The van der Waals surface area contributed by atoms with E-state index in [1.807, 2.05) is 12.1 Å². The van der Waals surface area contributed by atoms with Crippen molar-refractivity contribution in [2.24, 2.45) is 10.9 Å². The fourth-order valence-corrected chi connectivity index (χ4v) is 3.49. The fourth-order valence-electron chi connectivity index (χ4n) is 3.49. The molecule has 13 nitrogen and oxygen atoms in total. The van der Waals surface area contributed by atoms with Crippen molar-refractivity contribution in [1.29, 1.82) is 0 Å². The van der Waals surface area contributed by atoms with Crippen LogP contribution in [0.3, 0.4) is 0 Å². The van der Waals surface area contributed by atoms with Gasteiger partial charge >= 0.3 is 0 Å². The number of fused-ring (bicyclic) bond motifs is 3. The zero-order valence-electron chi connectivity index (χ0n) is 19.8. The molecule has 6 heterocycles. The van der Waals surface area contributed by atoms with Gasteiger partial charge in [-0.3, -0.25) is 4.79 Å². The molecule has 0 spiro atoms. The van der Waals surface area contributed by atoms with Crippen LogP contribution in [0.15, 0.2) is 48.0 Å². The molecule has 2 unspecified atom stereocenters. The van der Waals surface area contributed by atoms with Gasteiger partial charge in [0, 0.05) is 19.5 Å². The highest BCUT2D eigenvalue weighted by Crippen LogP contribution is 2.35. The average Bonchev–Trinajstić information content (AvgIpc) is 3.60. The van der Waals surface area contributed by atoms with Crippen molar-refractivity contribution in [2.75, 3.05) is 34.5 Å². The van der Waals surface area contributed by atoms with E-state index in [-0.39, 0.29) is 18.4 Å². The van der Waals surface area contributed by atoms with Gasteiger partial charge < -0.3 is 34.3 Å². The number of oxime groups is 1. The second-order valence-electron chi connectivity index (χ2n) is 7.31. The number of hydrogen-bond donors (Lipinski definition) is 1. The standard InChI is InChI=1S/C9H10N2O3.C8H10N2O2.C6H4N2O2/c1-12-9-7(11-13-2)6-4-3-5-10-8(6)14-9;1-11-6-2-3-10-8-7(6)5(9)4-12-8;9-5-3-10-6-4(5)1-2-7-8-6/h3-5,9H,1-2H3;2-3,5H,4,9H2,1H3;1-2H,3H2. The van der Waals surface area contributed by atoms with E-state index in [1.165, 1.54) is 13.3 Å². The van der Waals surface area contributed by atoms with E-state index in [0.717, 1.165) is 16.9 Å². The molecule has 3 aromatic heterocycles. The number of Topliss-reactive ketones (excluding diaryl/α,β-unsaturated/α-hetero) is 1. The van der Waals surface area contributed by atoms with Crippen molar-refractivity contribution in [1.82, 2.24) is 20.2 Å². The lowest BCUT2D eigenvalue weighted by atomic mass is 10.1. The van der Waals surface area contributed by atoms with E-state index in [2.05, 4.69) is 25.3 Å². The van der Waals surface area contributed by atoms with Gasteiger partial charge in [-0.1, -0.05) is 5.16 Å². The Morgan fingerprint density at radius 3 is 2.58 bits per heavy atom. The van der Waals surface area contributed by atoms with Crippen LogP contribution in [0.4, 0.5) is 0 Å². The lowest BCUT2D eigenvalue weighted by molar-refractivity contribution is 0.00306. The zero-order chi connectivity index (χ0) is 25.5. The molecular formula is C23H24N6O7. The molecule has 2 atom stereocenters. The number of carbonyl (C=O) groups excluding carboxylic acids is 1. The van der Waals surface area contributed by atoms with Crippen molar-refractivity contribution < 1.29 is 33.3 Å². The summed E-state index contributed by atoms with van der Waals surface area (Å²) < 4.78 is 25.7. The Balaban J connectivity index is 0.000000128. The Morgan fingerprint density at radius 1 is 1.00 bits per heavy atom. The molecule has 0 saturated carbocycles. The summed E-state index contributed by atoms with van der Waals surface area (Å²) in [5.74, 6) is 2.21. The van der Waals surface area contributed by atoms with Gasteiger partial charge in [0.2, 0.25) is 29.7 Å². The second kappa shape index (κ2) is 11.4. The highest BCUT2D eigenvalue weighted by molar-refractivity contribution is 6.06. The topological polar surface area (TPSA) is 162 Å². The number of pyridine rings is 2. The number of carbonyl (C=O) groups is 1. The van der Waals surface area contributed by atoms with Gasteiger partial charge in [0.25, 0.3) is 0 Å². The van der Waals surface area contributed by atoms with Gasteiger partial charge in [-0.2, -0.15) is 5.10 Å². The van der Waals surface area contributed by atoms with Crippen molar-refractivity contribution in [3.8, 4) is 23.4 Å². The van der Waals surface area contributed by atoms with Crippen LogP contribution in [0.25, 0.3) is 0 Å². The monoisotopic (exact) mass is 496 g/mol. The first kappa shape index (κ1) is 24.8. The number of aromatic nitrogens is 4. The predicted octanol–water partition coefficient (Wildman–Crippen LogP) is 1.33. The molecule has 36 heavy (non-hydrogen) atoms. The number of hydrogen-bond acceptors (Lipinski definition) is 13. The van der Waals surface area contributed by atoms with E-state index < -0.39 is 6.29 Å². The number of nitrogens with zero attached hydrogens (tertiary/aromatic N) is 5. The Morgan fingerprint density at radius 2 is 1.83 bits per heavy atom. The highest BCUT2D eigenvalue weighted by Gasteiger charge is 2.32. The van der Waals surface area contributed by atoms with E-state index >= 15 is 0 Å². The molecule has 2 N–H and O–H groups in total. The van der Waals surface area contributed by atoms with Crippen LogP contribution in [-0.2, 0) is 9.57 Å². The van der Waals surface area contributed by atoms with Crippen LogP contribution in [0, 0.1) is 0 Å². The third-order valence-electron chi connectivity index (χ3n) is 5.12. The molecule has 3 aliphatic heterocycles. The lowest BCUT2D eigenvalue weighted by Crippen LogP contribution is -2.23. The summed E-state index contributed by atoms with van der Waals surface area (Å²) in [7, 11) is 4.64. The maximum Gasteiger partial charge on any atom is 0.249 e. The van der Waals surface area contributed by atoms with Gasteiger partial charge in [0.05, 0.1) is 36.0 Å². The minimum Gasteiger partial charge on any atom is -0.496 e. The molecule has 3 aliphatic rings. The fraction of sp³-hybridized carbons (Fsp3) is 0.304. The summed E-state index contributed by atoms with van der Waals surface area (Å²) in [5, 5.41) is 11.0. The van der Waals surface area contributed by atoms with Crippen LogP contribution < -0.4 is 24.7 Å². The van der Waals surface area contributed by atoms with Crippen molar-refractivity contribution in [2.45, 2.75) is 12.3 Å². The molecule has 0 bridgehead atoms. The molecule has 0 fully saturated rings. The third kappa shape index (κ3) is 5.16. The van der Waals surface area contributed by atoms with Gasteiger partial charge in [0.1, 0.15) is 19.5 Å². The van der Waals surface area contributed by atoms with Crippen LogP contribution in [0.5, 0.6) is 23.4 Å². The minimum atomic E-state index is -0.528. The molecule has 0 amide bonds. The molecule has 0 aliphatic carbocycles. The largest absolute Gasteiger partial charge is 0.496 e. The van der Waals surface area contributed by atoms with Crippen molar-refractivity contribution in [3.05, 3.63) is 59.5 Å². The number of ether oxygens (including phenoxy) is 5. The number of methoxy groups -OCH3 is 2. The van der Waals surface area contributed by atoms with Crippen molar-refractivity contribution in [3.63, 3.8) is 0 Å². The molecule has 6 rings (SSSR count). The first-order chi connectivity index (χ1) is 17.6. The van der Waals surface area contributed by atoms with E-state index in [0.29, 0.717) is 35.5 Å². The number of ketones is 1. The minimum absolute atomic E-state index is 0.0232. The number of rotatable bonds is 3. The SMILES string of the molecule is CON=C1c2cccnc2OC1OC.COc1ccnc2c1C(N)CO2.O=C1COc2nnccc21. The summed E-state index contributed by atoms with van der Waals surface area (Å²) >= 11 is 0. The first-order valence-electron chi connectivity index (χ1n) is 10.7. The van der Waals surface area contributed by atoms with Crippen LogP contribution >= 0.6 is 0 Å². The normalized spacial score (nSPS) is 19.2. The van der Waals surface area contributed by atoms with E-state index in [1.54, 1.807) is 38.7 Å². The molecule has 0 saturated heterocycles. The van der Waals surface area contributed by atoms with E-state index in [9.17, 15) is 4.79 Å². The predicted molar refractivity (Wildman–Crippen MR) is 124 cm³/mol. The van der Waals surface area contributed by atoms with Gasteiger partial charge in [0.15, 0.2) is 12.3 Å².